The van der Waals surface area contributed by atoms with E-state index in [-0.39, 0.29) is 10.6 Å². The van der Waals surface area contributed by atoms with E-state index in [2.05, 4.69) is 9.71 Å². The van der Waals surface area contributed by atoms with E-state index in [0.29, 0.717) is 22.8 Å². The Bertz CT molecular complexity index is 968. The van der Waals surface area contributed by atoms with E-state index in [9.17, 15) is 8.42 Å². The highest BCUT2D eigenvalue weighted by molar-refractivity contribution is 7.92. The van der Waals surface area contributed by atoms with Crippen molar-refractivity contribution in [2.75, 3.05) is 18.9 Å². The lowest BCUT2D eigenvalue weighted by atomic mass is 10.2. The first kappa shape index (κ1) is 16.8. The highest BCUT2D eigenvalue weighted by atomic mass is 32.2. The predicted octanol–water partition coefficient (Wildman–Crippen LogP) is 3.16. The Kier molecular flexibility index (Phi) is 4.62. The molecule has 1 aromatic carbocycles. The number of sulfonamides is 1. The van der Waals surface area contributed by atoms with Crippen LogP contribution in [-0.2, 0) is 10.0 Å². The van der Waals surface area contributed by atoms with Crippen LogP contribution in [0.5, 0.6) is 11.5 Å². The van der Waals surface area contributed by atoms with Crippen molar-refractivity contribution in [3.63, 3.8) is 0 Å². The fourth-order valence-corrected chi connectivity index (χ4v) is 3.50. The zero-order valence-corrected chi connectivity index (χ0v) is 14.4. The van der Waals surface area contributed by atoms with Gasteiger partial charge in [-0.3, -0.25) is 9.71 Å². The monoisotopic (exact) mass is 360 g/mol. The quantitative estimate of drug-likeness (QED) is 0.726. The Balaban J connectivity index is 1.96. The number of furan rings is 1. The van der Waals surface area contributed by atoms with E-state index < -0.39 is 10.0 Å². The molecule has 0 spiro atoms. The third kappa shape index (κ3) is 3.58. The van der Waals surface area contributed by atoms with Gasteiger partial charge < -0.3 is 13.9 Å². The van der Waals surface area contributed by atoms with E-state index in [1.807, 2.05) is 0 Å². The van der Waals surface area contributed by atoms with E-state index in [4.69, 9.17) is 13.9 Å². The Labute approximate surface area is 145 Å². The molecule has 130 valence electrons. The molecule has 0 amide bonds. The van der Waals surface area contributed by atoms with Crippen molar-refractivity contribution in [1.29, 1.82) is 0 Å². The molecule has 0 aliphatic carbocycles. The SMILES string of the molecule is COc1ccc(OC)c(S(=O)(=O)Nc2cncc(-c3ccco3)c2)c1. The standard InChI is InChI=1S/C17H16N2O5S/c1-22-14-5-6-16(23-2)17(9-14)25(20,21)19-13-8-12(10-18-11-13)15-4-3-7-24-15/h3-11,19H,1-2H3. The Hall–Kier alpha value is -3.00. The van der Waals surface area contributed by atoms with Crippen LogP contribution in [0.2, 0.25) is 0 Å². The summed E-state index contributed by atoms with van der Waals surface area (Å²) in [6.45, 7) is 0. The summed E-state index contributed by atoms with van der Waals surface area (Å²) in [7, 11) is -1.04. The molecule has 8 heteroatoms. The third-order valence-electron chi connectivity index (χ3n) is 3.46. The third-order valence-corrected chi connectivity index (χ3v) is 4.86. The Morgan fingerprint density at radius 1 is 1.08 bits per heavy atom. The molecule has 0 fully saturated rings. The highest BCUT2D eigenvalue weighted by Gasteiger charge is 2.21. The fourth-order valence-electron chi connectivity index (χ4n) is 2.28. The minimum Gasteiger partial charge on any atom is -0.497 e. The number of hydrogen-bond acceptors (Lipinski definition) is 6. The van der Waals surface area contributed by atoms with Crippen LogP contribution < -0.4 is 14.2 Å². The van der Waals surface area contributed by atoms with Crippen molar-refractivity contribution in [3.8, 4) is 22.8 Å². The highest BCUT2D eigenvalue weighted by Crippen LogP contribution is 2.30. The van der Waals surface area contributed by atoms with Crippen LogP contribution >= 0.6 is 0 Å². The molecule has 0 aliphatic heterocycles. The molecule has 2 aromatic heterocycles. The number of aromatic nitrogens is 1. The molecule has 0 saturated heterocycles. The number of pyridine rings is 1. The van der Waals surface area contributed by atoms with Crippen molar-refractivity contribution in [1.82, 2.24) is 4.98 Å². The summed E-state index contributed by atoms with van der Waals surface area (Å²) >= 11 is 0. The molecule has 0 unspecified atom stereocenters. The zero-order chi connectivity index (χ0) is 17.9. The number of nitrogens with one attached hydrogen (secondary N) is 1. The molecule has 3 aromatic rings. The molecule has 1 N–H and O–H groups in total. The van der Waals surface area contributed by atoms with Gasteiger partial charge in [0.15, 0.2) is 0 Å². The largest absolute Gasteiger partial charge is 0.497 e. The Morgan fingerprint density at radius 2 is 1.92 bits per heavy atom. The maximum absolute atomic E-state index is 12.7. The second kappa shape index (κ2) is 6.86. The molecule has 0 saturated carbocycles. The van der Waals surface area contributed by atoms with Gasteiger partial charge in [0, 0.05) is 17.8 Å². The lowest BCUT2D eigenvalue weighted by molar-refractivity contribution is 0.392. The van der Waals surface area contributed by atoms with Gasteiger partial charge in [0.2, 0.25) is 0 Å². The van der Waals surface area contributed by atoms with Crippen LogP contribution in [0.25, 0.3) is 11.3 Å². The summed E-state index contributed by atoms with van der Waals surface area (Å²) in [6, 6.07) is 9.69. The number of ether oxygens (including phenoxy) is 2. The fraction of sp³-hybridized carbons (Fsp3) is 0.118. The van der Waals surface area contributed by atoms with Crippen molar-refractivity contribution in [2.45, 2.75) is 4.90 Å². The van der Waals surface area contributed by atoms with Crippen molar-refractivity contribution in [2.24, 2.45) is 0 Å². The molecule has 0 bridgehead atoms. The van der Waals surface area contributed by atoms with Crippen LogP contribution in [0.15, 0.2) is 64.4 Å². The second-order valence-corrected chi connectivity index (χ2v) is 6.71. The van der Waals surface area contributed by atoms with Crippen molar-refractivity contribution >= 4 is 15.7 Å². The maximum atomic E-state index is 12.7. The molecule has 0 atom stereocenters. The molecule has 3 rings (SSSR count). The van der Waals surface area contributed by atoms with Crippen LogP contribution in [0.3, 0.4) is 0 Å². The zero-order valence-electron chi connectivity index (χ0n) is 13.6. The van der Waals surface area contributed by atoms with Crippen molar-refractivity contribution < 1.29 is 22.3 Å². The van der Waals surface area contributed by atoms with Crippen LogP contribution in [0.4, 0.5) is 5.69 Å². The van der Waals surface area contributed by atoms with E-state index in [1.54, 1.807) is 30.5 Å². The lowest BCUT2D eigenvalue weighted by Crippen LogP contribution is -2.14. The topological polar surface area (TPSA) is 90.7 Å². The molecule has 2 heterocycles. The molecule has 0 aliphatic rings. The average Bonchev–Trinajstić information content (AvgIpc) is 3.15. The lowest BCUT2D eigenvalue weighted by Gasteiger charge is -2.13. The maximum Gasteiger partial charge on any atom is 0.265 e. The first-order chi connectivity index (χ1) is 12.0. The van der Waals surface area contributed by atoms with Crippen LogP contribution in [0.1, 0.15) is 0 Å². The molecule has 0 radical (unpaired) electrons. The van der Waals surface area contributed by atoms with E-state index in [1.165, 1.54) is 38.8 Å². The summed E-state index contributed by atoms with van der Waals surface area (Å²) in [6.07, 6.45) is 4.53. The minimum absolute atomic E-state index is 0.0299. The smallest absolute Gasteiger partial charge is 0.265 e. The van der Waals surface area contributed by atoms with Crippen LogP contribution in [-0.4, -0.2) is 27.6 Å². The summed E-state index contributed by atoms with van der Waals surface area (Å²) in [5, 5.41) is 0. The van der Waals surface area contributed by atoms with Gasteiger partial charge in [0.25, 0.3) is 10.0 Å². The molecule has 7 nitrogen and oxygen atoms in total. The number of nitrogens with zero attached hydrogens (tertiary/aromatic N) is 1. The average molecular weight is 360 g/mol. The molecule has 25 heavy (non-hydrogen) atoms. The second-order valence-electron chi connectivity index (χ2n) is 5.06. The summed E-state index contributed by atoms with van der Waals surface area (Å²) < 4.78 is 43.5. The van der Waals surface area contributed by atoms with Crippen LogP contribution in [0, 0.1) is 0 Å². The van der Waals surface area contributed by atoms with Gasteiger partial charge >= 0.3 is 0 Å². The van der Waals surface area contributed by atoms with Gasteiger partial charge in [-0.1, -0.05) is 0 Å². The normalized spacial score (nSPS) is 11.1. The first-order valence-corrected chi connectivity index (χ1v) is 8.75. The van der Waals surface area contributed by atoms with E-state index >= 15 is 0 Å². The summed E-state index contributed by atoms with van der Waals surface area (Å²) in [5.74, 6) is 1.21. The first-order valence-electron chi connectivity index (χ1n) is 7.27. The van der Waals surface area contributed by atoms with Gasteiger partial charge in [-0.05, 0) is 30.3 Å². The Morgan fingerprint density at radius 3 is 2.60 bits per heavy atom. The molecular weight excluding hydrogens is 344 g/mol. The summed E-state index contributed by atoms with van der Waals surface area (Å²) in [4.78, 5) is 4.02. The predicted molar refractivity (Wildman–Crippen MR) is 92.3 cm³/mol. The van der Waals surface area contributed by atoms with Gasteiger partial charge in [0.1, 0.15) is 22.2 Å². The number of benzene rings is 1. The van der Waals surface area contributed by atoms with Gasteiger partial charge in [0.05, 0.1) is 32.4 Å². The number of anilines is 1. The van der Waals surface area contributed by atoms with Crippen molar-refractivity contribution in [3.05, 3.63) is 55.1 Å². The summed E-state index contributed by atoms with van der Waals surface area (Å²) in [5.41, 5.74) is 0.960. The minimum atomic E-state index is -3.90. The number of hydrogen-bond donors (Lipinski definition) is 1. The number of methoxy groups -OCH3 is 2. The van der Waals surface area contributed by atoms with E-state index in [0.717, 1.165) is 0 Å². The van der Waals surface area contributed by atoms with Gasteiger partial charge in [-0.2, -0.15) is 0 Å². The van der Waals surface area contributed by atoms with Gasteiger partial charge in [-0.15, -0.1) is 0 Å². The van der Waals surface area contributed by atoms with Gasteiger partial charge in [-0.25, -0.2) is 8.42 Å². The molecular formula is C17H16N2O5S. The number of rotatable bonds is 6.